The van der Waals surface area contributed by atoms with Gasteiger partial charge in [-0.05, 0) is 54.0 Å². The predicted molar refractivity (Wildman–Crippen MR) is 84.2 cm³/mol. The maximum absolute atomic E-state index is 12.0. The van der Waals surface area contributed by atoms with E-state index in [-0.39, 0.29) is 5.91 Å². The van der Waals surface area contributed by atoms with Crippen LogP contribution in [0.2, 0.25) is 0 Å². The summed E-state index contributed by atoms with van der Waals surface area (Å²) in [7, 11) is 0. The number of carbonyl (C=O) groups excluding carboxylic acids is 1. The first-order chi connectivity index (χ1) is 10.0. The molecule has 1 heterocycles. The molecule has 3 rings (SSSR count). The minimum Gasteiger partial charge on any atom is -0.493 e. The van der Waals surface area contributed by atoms with Gasteiger partial charge >= 0.3 is 0 Å². The van der Waals surface area contributed by atoms with Gasteiger partial charge in [0.2, 0.25) is 5.91 Å². The molecule has 3 heteroatoms. The largest absolute Gasteiger partial charge is 0.493 e. The fraction of sp³-hybridized carbons (Fsp3) is 0.500. The number of ether oxygens (including phenoxy) is 1. The van der Waals surface area contributed by atoms with Crippen LogP contribution in [0.5, 0.6) is 5.75 Å². The van der Waals surface area contributed by atoms with Gasteiger partial charge in [0.15, 0.2) is 0 Å². The molecule has 1 amide bonds. The minimum atomic E-state index is 0.00875. The molecule has 21 heavy (non-hydrogen) atoms. The van der Waals surface area contributed by atoms with Crippen LogP contribution in [0.25, 0.3) is 6.08 Å². The lowest BCUT2D eigenvalue weighted by molar-refractivity contribution is -0.117. The first-order valence-electron chi connectivity index (χ1n) is 7.76. The molecular weight excluding hydrogens is 262 g/mol. The van der Waals surface area contributed by atoms with Crippen LogP contribution in [0, 0.1) is 5.41 Å². The molecule has 1 aliphatic heterocycles. The van der Waals surface area contributed by atoms with E-state index in [9.17, 15) is 4.79 Å². The van der Waals surface area contributed by atoms with Crippen molar-refractivity contribution in [3.8, 4) is 5.75 Å². The van der Waals surface area contributed by atoms with Gasteiger partial charge in [-0.25, -0.2) is 0 Å². The Morgan fingerprint density at radius 1 is 1.43 bits per heavy atom. The second-order valence-corrected chi connectivity index (χ2v) is 6.91. The van der Waals surface area contributed by atoms with E-state index >= 15 is 0 Å². The molecule has 1 saturated carbocycles. The molecule has 3 nitrogen and oxygen atoms in total. The third-order valence-corrected chi connectivity index (χ3v) is 4.46. The molecular formula is C18H23NO2. The van der Waals surface area contributed by atoms with Gasteiger partial charge in [-0.3, -0.25) is 4.79 Å². The number of fused-ring (bicyclic) bond motifs is 1. The molecule has 112 valence electrons. The molecule has 1 unspecified atom stereocenters. The van der Waals surface area contributed by atoms with Crippen molar-refractivity contribution in [2.24, 2.45) is 5.41 Å². The van der Waals surface area contributed by atoms with E-state index in [0.717, 1.165) is 37.2 Å². The summed E-state index contributed by atoms with van der Waals surface area (Å²) in [6.45, 7) is 5.30. The van der Waals surface area contributed by atoms with E-state index in [1.54, 1.807) is 6.08 Å². The Balaban J connectivity index is 1.57. The summed E-state index contributed by atoms with van der Waals surface area (Å²) < 4.78 is 5.48. The molecule has 1 atom stereocenters. The number of rotatable bonds is 3. The second-order valence-electron chi connectivity index (χ2n) is 6.91. The third-order valence-electron chi connectivity index (χ3n) is 4.46. The van der Waals surface area contributed by atoms with Gasteiger partial charge < -0.3 is 10.1 Å². The lowest BCUT2D eigenvalue weighted by Gasteiger charge is -2.17. The molecule has 1 N–H and O–H groups in total. The molecule has 1 aromatic carbocycles. The number of benzene rings is 1. The number of carbonyl (C=O) groups is 1. The van der Waals surface area contributed by atoms with Crippen molar-refractivity contribution in [1.29, 1.82) is 0 Å². The minimum absolute atomic E-state index is 0.00875. The van der Waals surface area contributed by atoms with E-state index in [4.69, 9.17) is 4.74 Å². The van der Waals surface area contributed by atoms with Crippen LogP contribution in [0.15, 0.2) is 24.3 Å². The van der Waals surface area contributed by atoms with Gasteiger partial charge in [0, 0.05) is 18.5 Å². The van der Waals surface area contributed by atoms with Gasteiger partial charge in [0.05, 0.1) is 6.61 Å². The molecule has 1 aromatic rings. The Morgan fingerprint density at radius 3 is 3.05 bits per heavy atom. The van der Waals surface area contributed by atoms with E-state index in [0.29, 0.717) is 11.5 Å². The Labute approximate surface area is 126 Å². The summed E-state index contributed by atoms with van der Waals surface area (Å²) >= 11 is 0. The fourth-order valence-electron chi connectivity index (χ4n) is 3.29. The Morgan fingerprint density at radius 2 is 2.29 bits per heavy atom. The second kappa shape index (κ2) is 5.55. The number of hydrogen-bond acceptors (Lipinski definition) is 2. The zero-order valence-electron chi connectivity index (χ0n) is 12.8. The van der Waals surface area contributed by atoms with Crippen molar-refractivity contribution in [2.75, 3.05) is 6.61 Å². The highest BCUT2D eigenvalue weighted by molar-refractivity contribution is 5.92. The van der Waals surface area contributed by atoms with E-state index in [1.807, 2.05) is 18.2 Å². The highest BCUT2D eigenvalue weighted by atomic mass is 16.5. The highest BCUT2D eigenvalue weighted by Gasteiger charge is 2.31. The number of nitrogens with one attached hydrogen (secondary N) is 1. The van der Waals surface area contributed by atoms with Crippen molar-refractivity contribution in [3.63, 3.8) is 0 Å². The quantitative estimate of drug-likeness (QED) is 0.865. The van der Waals surface area contributed by atoms with Crippen molar-refractivity contribution >= 4 is 12.0 Å². The van der Waals surface area contributed by atoms with Crippen LogP contribution in [0.3, 0.4) is 0 Å². The van der Waals surface area contributed by atoms with E-state index in [1.165, 1.54) is 12.0 Å². The van der Waals surface area contributed by atoms with E-state index < -0.39 is 0 Å². The Kier molecular flexibility index (Phi) is 3.75. The fourth-order valence-corrected chi connectivity index (χ4v) is 3.29. The van der Waals surface area contributed by atoms with Gasteiger partial charge in [-0.15, -0.1) is 0 Å². The summed E-state index contributed by atoms with van der Waals surface area (Å²) in [5.74, 6) is 0.985. The normalized spacial score (nSPS) is 23.0. The van der Waals surface area contributed by atoms with Crippen LogP contribution in [0.1, 0.15) is 44.2 Å². The van der Waals surface area contributed by atoms with Gasteiger partial charge in [0.1, 0.15) is 5.75 Å². The number of hydrogen-bond donors (Lipinski definition) is 1. The topological polar surface area (TPSA) is 38.3 Å². The highest BCUT2D eigenvalue weighted by Crippen LogP contribution is 2.36. The average Bonchev–Trinajstić information content (AvgIpc) is 3.02. The van der Waals surface area contributed by atoms with Crippen LogP contribution < -0.4 is 10.1 Å². The molecule has 0 saturated heterocycles. The summed E-state index contributed by atoms with van der Waals surface area (Å²) in [5, 5.41) is 3.11. The summed E-state index contributed by atoms with van der Waals surface area (Å²) in [4.78, 5) is 12.0. The maximum Gasteiger partial charge on any atom is 0.244 e. The van der Waals surface area contributed by atoms with Crippen molar-refractivity contribution < 1.29 is 9.53 Å². The van der Waals surface area contributed by atoms with Crippen molar-refractivity contribution in [2.45, 2.75) is 45.6 Å². The maximum atomic E-state index is 12.0. The van der Waals surface area contributed by atoms with Crippen LogP contribution >= 0.6 is 0 Å². The number of amides is 1. The molecule has 2 aliphatic rings. The summed E-state index contributed by atoms with van der Waals surface area (Å²) in [6.07, 6.45) is 7.83. The molecule has 0 radical (unpaired) electrons. The molecule has 0 aromatic heterocycles. The van der Waals surface area contributed by atoms with Gasteiger partial charge in [-0.1, -0.05) is 19.9 Å². The first-order valence-corrected chi connectivity index (χ1v) is 7.76. The first kappa shape index (κ1) is 14.2. The lowest BCUT2D eigenvalue weighted by Crippen LogP contribution is -2.32. The summed E-state index contributed by atoms with van der Waals surface area (Å²) in [5.41, 5.74) is 2.65. The Bertz CT molecular complexity index is 575. The average molecular weight is 285 g/mol. The zero-order chi connectivity index (χ0) is 14.9. The molecule has 1 fully saturated rings. The van der Waals surface area contributed by atoms with Crippen molar-refractivity contribution in [3.05, 3.63) is 35.4 Å². The van der Waals surface area contributed by atoms with Gasteiger partial charge in [-0.2, -0.15) is 0 Å². The monoisotopic (exact) mass is 285 g/mol. The van der Waals surface area contributed by atoms with Crippen molar-refractivity contribution in [1.82, 2.24) is 5.32 Å². The van der Waals surface area contributed by atoms with Crippen LogP contribution in [-0.2, 0) is 11.2 Å². The zero-order valence-corrected chi connectivity index (χ0v) is 12.8. The van der Waals surface area contributed by atoms with Gasteiger partial charge in [0.25, 0.3) is 0 Å². The Hall–Kier alpha value is -1.77. The standard InChI is InChI=1S/C18H23NO2/c1-18(2)9-7-15(12-18)19-17(20)6-4-13-3-5-16-14(11-13)8-10-21-16/h3-6,11,15H,7-10,12H2,1-2H3,(H,19,20)/b6-4+. The SMILES string of the molecule is CC1(C)CCC(NC(=O)/C=C/c2ccc3c(c2)CCO3)C1. The van der Waals surface area contributed by atoms with Crippen LogP contribution in [-0.4, -0.2) is 18.6 Å². The predicted octanol–water partition coefficient (Wildman–Crippen LogP) is 3.33. The third kappa shape index (κ3) is 3.46. The molecule has 0 bridgehead atoms. The van der Waals surface area contributed by atoms with E-state index in [2.05, 4.69) is 25.2 Å². The smallest absolute Gasteiger partial charge is 0.244 e. The van der Waals surface area contributed by atoms with Crippen LogP contribution in [0.4, 0.5) is 0 Å². The molecule has 1 aliphatic carbocycles. The summed E-state index contributed by atoms with van der Waals surface area (Å²) in [6, 6.07) is 6.40. The molecule has 0 spiro atoms. The lowest BCUT2D eigenvalue weighted by atomic mass is 9.92.